The lowest BCUT2D eigenvalue weighted by atomic mass is 9.72. The van der Waals surface area contributed by atoms with Crippen LogP contribution in [0.5, 0.6) is 11.5 Å². The number of benzene rings is 2. The normalized spacial score (nSPS) is 18.0. The van der Waals surface area contributed by atoms with Crippen LogP contribution in [0.1, 0.15) is 136 Å². The van der Waals surface area contributed by atoms with Gasteiger partial charge in [0.15, 0.2) is 5.41 Å². The molecule has 0 spiro atoms. The zero-order chi connectivity index (χ0) is 30.8. The fourth-order valence-electron chi connectivity index (χ4n) is 6.44. The van der Waals surface area contributed by atoms with Crippen molar-refractivity contribution in [2.75, 3.05) is 6.61 Å². The van der Waals surface area contributed by atoms with Gasteiger partial charge in [-0.1, -0.05) is 141 Å². The number of nitrogens with zero attached hydrogens (tertiary/aromatic N) is 1. The first-order valence-electron chi connectivity index (χ1n) is 17.4. The summed E-state index contributed by atoms with van der Waals surface area (Å²) in [5.41, 5.74) is 1.00. The Bertz CT molecular complexity index is 1080. The van der Waals surface area contributed by atoms with Crippen LogP contribution in [0.4, 0.5) is 0 Å². The molecule has 0 saturated heterocycles. The number of rotatable bonds is 20. The van der Waals surface area contributed by atoms with Crippen LogP contribution >= 0.6 is 0 Å². The third-order valence-electron chi connectivity index (χ3n) is 9.35. The van der Waals surface area contributed by atoms with E-state index in [1.54, 1.807) is 6.92 Å². The van der Waals surface area contributed by atoms with E-state index in [0.717, 1.165) is 48.7 Å². The van der Waals surface area contributed by atoms with Crippen molar-refractivity contribution in [1.29, 1.82) is 5.26 Å². The van der Waals surface area contributed by atoms with Crippen LogP contribution in [0.3, 0.4) is 0 Å². The molecule has 0 aromatic heterocycles. The minimum atomic E-state index is -1.12. The predicted octanol–water partition coefficient (Wildman–Crippen LogP) is 11.5. The van der Waals surface area contributed by atoms with Gasteiger partial charge in [0.25, 0.3) is 0 Å². The smallest absolute Gasteiger partial charge is 0.331 e. The zero-order valence-electron chi connectivity index (χ0n) is 27.4. The Morgan fingerprint density at radius 3 is 1.77 bits per heavy atom. The lowest BCUT2D eigenvalue weighted by molar-refractivity contribution is -0.142. The number of carbonyl (C=O) groups is 1. The van der Waals surface area contributed by atoms with Gasteiger partial charge in [-0.3, -0.25) is 0 Å². The standard InChI is InChI=1S/C39H57NO3/c1-4-6-8-10-11-13-15-29-42-36-25-21-34(22-26-36)35-23-27-37(28-24-35)43-38(41)39(3,31-40)30-33-19-17-32(18-20-33)16-14-12-9-7-5-2/h21-28,32-33H,4-20,29-30H2,1-3H3. The maximum atomic E-state index is 13.2. The molecule has 0 amide bonds. The molecule has 1 atom stereocenters. The molecule has 1 aliphatic rings. The van der Waals surface area contributed by atoms with Crippen molar-refractivity contribution in [1.82, 2.24) is 0 Å². The molecule has 0 radical (unpaired) electrons. The van der Waals surface area contributed by atoms with Gasteiger partial charge in [0, 0.05) is 0 Å². The first-order valence-corrected chi connectivity index (χ1v) is 17.4. The molecule has 2 aromatic carbocycles. The van der Waals surface area contributed by atoms with E-state index in [0.29, 0.717) is 18.1 Å². The summed E-state index contributed by atoms with van der Waals surface area (Å²) >= 11 is 0. The third kappa shape index (κ3) is 12.4. The van der Waals surface area contributed by atoms with Gasteiger partial charge < -0.3 is 9.47 Å². The van der Waals surface area contributed by atoms with Gasteiger partial charge in [-0.2, -0.15) is 5.26 Å². The highest BCUT2D eigenvalue weighted by atomic mass is 16.5. The Hall–Kier alpha value is -2.80. The van der Waals surface area contributed by atoms with E-state index in [2.05, 4.69) is 32.0 Å². The topological polar surface area (TPSA) is 59.3 Å². The molecule has 1 aliphatic carbocycles. The highest BCUT2D eigenvalue weighted by Crippen LogP contribution is 2.39. The van der Waals surface area contributed by atoms with Gasteiger partial charge in [-0.15, -0.1) is 0 Å². The van der Waals surface area contributed by atoms with Crippen LogP contribution < -0.4 is 9.47 Å². The molecule has 0 bridgehead atoms. The van der Waals surface area contributed by atoms with E-state index in [1.807, 2.05) is 36.4 Å². The Morgan fingerprint density at radius 2 is 1.21 bits per heavy atom. The monoisotopic (exact) mass is 587 g/mol. The summed E-state index contributed by atoms with van der Waals surface area (Å²) in [5, 5.41) is 9.98. The van der Waals surface area contributed by atoms with Crippen LogP contribution in [-0.2, 0) is 4.79 Å². The maximum Gasteiger partial charge on any atom is 0.331 e. The van der Waals surface area contributed by atoms with Crippen molar-refractivity contribution in [3.8, 4) is 28.7 Å². The highest BCUT2D eigenvalue weighted by molar-refractivity contribution is 5.82. The van der Waals surface area contributed by atoms with Crippen molar-refractivity contribution in [2.45, 2.75) is 136 Å². The van der Waals surface area contributed by atoms with Gasteiger partial charge >= 0.3 is 5.97 Å². The quantitative estimate of drug-likeness (QED) is 0.0878. The van der Waals surface area contributed by atoms with Gasteiger partial charge in [0.05, 0.1) is 12.7 Å². The molecule has 4 heteroatoms. The molecule has 43 heavy (non-hydrogen) atoms. The fraction of sp³-hybridized carbons (Fsp3) is 0.641. The number of unbranched alkanes of at least 4 members (excludes halogenated alkanes) is 10. The second kappa shape index (κ2) is 19.5. The second-order valence-electron chi connectivity index (χ2n) is 13.1. The maximum absolute atomic E-state index is 13.2. The first-order chi connectivity index (χ1) is 21.0. The van der Waals surface area contributed by atoms with Crippen LogP contribution in [0, 0.1) is 28.6 Å². The number of hydrogen-bond donors (Lipinski definition) is 0. The van der Waals surface area contributed by atoms with E-state index in [4.69, 9.17) is 9.47 Å². The largest absolute Gasteiger partial charge is 0.494 e. The minimum Gasteiger partial charge on any atom is -0.494 e. The molecule has 1 unspecified atom stereocenters. The summed E-state index contributed by atoms with van der Waals surface area (Å²) in [5.74, 6) is 2.17. The molecule has 1 fully saturated rings. The Kier molecular flexibility index (Phi) is 15.7. The molecular formula is C39H57NO3. The Morgan fingerprint density at radius 1 is 0.721 bits per heavy atom. The number of ether oxygens (including phenoxy) is 2. The van der Waals surface area contributed by atoms with Crippen molar-refractivity contribution in [3.05, 3.63) is 48.5 Å². The molecule has 2 aromatic rings. The summed E-state index contributed by atoms with van der Waals surface area (Å²) in [6.45, 7) is 7.02. The van der Waals surface area contributed by atoms with Crippen molar-refractivity contribution in [2.24, 2.45) is 17.3 Å². The molecule has 236 valence electrons. The molecule has 0 aliphatic heterocycles. The minimum absolute atomic E-state index is 0.415. The van der Waals surface area contributed by atoms with Crippen LogP contribution in [-0.4, -0.2) is 12.6 Å². The number of hydrogen-bond acceptors (Lipinski definition) is 4. The Balaban J connectivity index is 1.40. The summed E-state index contributed by atoms with van der Waals surface area (Å²) < 4.78 is 11.7. The summed E-state index contributed by atoms with van der Waals surface area (Å²) in [6.07, 6.45) is 22.2. The van der Waals surface area contributed by atoms with Gasteiger partial charge in [0.1, 0.15) is 11.5 Å². The molecule has 4 nitrogen and oxygen atoms in total. The highest BCUT2D eigenvalue weighted by Gasteiger charge is 2.39. The average Bonchev–Trinajstić information content (AvgIpc) is 3.03. The van der Waals surface area contributed by atoms with Gasteiger partial charge in [-0.05, 0) is 67.0 Å². The van der Waals surface area contributed by atoms with E-state index in [-0.39, 0.29) is 0 Å². The van der Waals surface area contributed by atoms with Crippen molar-refractivity contribution in [3.63, 3.8) is 0 Å². The fourth-order valence-corrected chi connectivity index (χ4v) is 6.44. The predicted molar refractivity (Wildman–Crippen MR) is 178 cm³/mol. The lowest BCUT2D eigenvalue weighted by Gasteiger charge is -2.32. The van der Waals surface area contributed by atoms with Gasteiger partial charge in [0.2, 0.25) is 0 Å². The Labute approximate surface area is 262 Å². The van der Waals surface area contributed by atoms with E-state index >= 15 is 0 Å². The van der Waals surface area contributed by atoms with E-state index in [1.165, 1.54) is 89.9 Å². The molecule has 0 N–H and O–H groups in total. The lowest BCUT2D eigenvalue weighted by Crippen LogP contribution is -2.33. The van der Waals surface area contributed by atoms with E-state index in [9.17, 15) is 10.1 Å². The van der Waals surface area contributed by atoms with Gasteiger partial charge in [-0.25, -0.2) is 4.79 Å². The average molecular weight is 588 g/mol. The van der Waals surface area contributed by atoms with Crippen molar-refractivity contribution >= 4 is 5.97 Å². The SMILES string of the molecule is CCCCCCCCCOc1ccc(-c2ccc(OC(=O)C(C)(C#N)CC3CCC(CCCCCCC)CC3)cc2)cc1. The third-order valence-corrected chi connectivity index (χ3v) is 9.35. The summed E-state index contributed by atoms with van der Waals surface area (Å²) in [7, 11) is 0. The van der Waals surface area contributed by atoms with E-state index < -0.39 is 11.4 Å². The molecule has 1 saturated carbocycles. The van der Waals surface area contributed by atoms with Crippen LogP contribution in [0.15, 0.2) is 48.5 Å². The zero-order valence-corrected chi connectivity index (χ0v) is 27.4. The summed E-state index contributed by atoms with van der Waals surface area (Å²) in [4.78, 5) is 13.2. The second-order valence-corrected chi connectivity index (χ2v) is 13.1. The molecular weight excluding hydrogens is 530 g/mol. The van der Waals surface area contributed by atoms with Crippen molar-refractivity contribution < 1.29 is 14.3 Å². The van der Waals surface area contributed by atoms with Crippen LogP contribution in [0.25, 0.3) is 11.1 Å². The van der Waals surface area contributed by atoms with Crippen LogP contribution in [0.2, 0.25) is 0 Å². The number of nitriles is 1. The summed E-state index contributed by atoms with van der Waals surface area (Å²) in [6, 6.07) is 18.0. The first kappa shape index (κ1) is 34.7. The molecule has 0 heterocycles. The molecule has 3 rings (SSSR count). The number of esters is 1. The number of carbonyl (C=O) groups excluding carboxylic acids is 1.